The molecule has 0 radical (unpaired) electrons. The summed E-state index contributed by atoms with van der Waals surface area (Å²) in [6, 6.07) is 0. The molecule has 0 fully saturated rings. The number of hydrogen-bond donors (Lipinski definition) is 0. The van der Waals surface area contributed by atoms with Gasteiger partial charge in [-0.25, -0.2) is 0 Å². The molecule has 0 N–H and O–H groups in total. The third kappa shape index (κ3) is 4.05. The van der Waals surface area contributed by atoms with Crippen molar-refractivity contribution in [3.05, 3.63) is 0 Å². The van der Waals surface area contributed by atoms with Crippen molar-refractivity contribution in [1.29, 1.82) is 0 Å². The Morgan fingerprint density at radius 2 is 1.58 bits per heavy atom. The molecule has 0 saturated heterocycles. The third-order valence-corrected chi connectivity index (χ3v) is 1.76. The van der Waals surface area contributed by atoms with Crippen LogP contribution in [0.3, 0.4) is 0 Å². The second kappa shape index (κ2) is 3.42. The Bertz CT molecular complexity index is 258. The van der Waals surface area contributed by atoms with Crippen LogP contribution in [0.4, 0.5) is 17.6 Å². The topological polar surface area (TPSA) is 43.4 Å². The van der Waals surface area contributed by atoms with Crippen LogP contribution in [0.15, 0.2) is 0 Å². The molecule has 0 heterocycles. The molecule has 10 heteroatoms. The van der Waals surface area contributed by atoms with Crippen LogP contribution in [0.1, 0.15) is 0 Å². The summed E-state index contributed by atoms with van der Waals surface area (Å²) in [4.78, 5) is 0. The normalized spacial score (nSPS) is 14.8. The largest absolute Gasteiger partial charge is 0.444 e. The standard InChI is InChI=1S/C2ClF4IO3S/c3-12(9,10)11-2(6,7)1(4,5)8. The van der Waals surface area contributed by atoms with Crippen molar-refractivity contribution in [3.8, 4) is 0 Å². The van der Waals surface area contributed by atoms with Crippen molar-refractivity contribution >= 4 is 42.6 Å². The summed E-state index contributed by atoms with van der Waals surface area (Å²) < 4.78 is 65.2. The van der Waals surface area contributed by atoms with Crippen LogP contribution in [-0.4, -0.2) is 18.5 Å². The van der Waals surface area contributed by atoms with Gasteiger partial charge in [0.05, 0.1) is 0 Å². The van der Waals surface area contributed by atoms with E-state index in [1.165, 1.54) is 0 Å². The second-order valence-electron chi connectivity index (χ2n) is 1.49. The molecule has 0 amide bonds. The zero-order valence-electron chi connectivity index (χ0n) is 4.90. The summed E-state index contributed by atoms with van der Waals surface area (Å²) in [6.45, 7) is 0. The van der Waals surface area contributed by atoms with Gasteiger partial charge in [0.25, 0.3) is 0 Å². The van der Waals surface area contributed by atoms with Crippen molar-refractivity contribution in [1.82, 2.24) is 0 Å². The van der Waals surface area contributed by atoms with E-state index in [1.807, 2.05) is 0 Å². The molecule has 12 heavy (non-hydrogen) atoms. The van der Waals surface area contributed by atoms with Crippen molar-refractivity contribution < 1.29 is 30.2 Å². The lowest BCUT2D eigenvalue weighted by atomic mass is 10.7. The molecule has 0 unspecified atom stereocenters. The summed E-state index contributed by atoms with van der Waals surface area (Å²) >= 11 is 0.0280. The quantitative estimate of drug-likeness (QED) is 0.341. The highest BCUT2D eigenvalue weighted by Gasteiger charge is 2.58. The SMILES string of the molecule is O=S(=O)(Cl)OC(F)(F)C(F)(F)I. The summed E-state index contributed by atoms with van der Waals surface area (Å²) in [6.07, 6.45) is -5.14. The first kappa shape index (κ1) is 12.7. The first-order valence-corrected chi connectivity index (χ1v) is 5.37. The third-order valence-electron chi connectivity index (χ3n) is 0.534. The van der Waals surface area contributed by atoms with E-state index in [9.17, 15) is 26.0 Å². The van der Waals surface area contributed by atoms with Gasteiger partial charge in [0.1, 0.15) is 0 Å². The van der Waals surface area contributed by atoms with E-state index in [4.69, 9.17) is 0 Å². The van der Waals surface area contributed by atoms with E-state index in [0.717, 1.165) is 0 Å². The highest BCUT2D eigenvalue weighted by atomic mass is 127. The van der Waals surface area contributed by atoms with E-state index in [0.29, 0.717) is 0 Å². The van der Waals surface area contributed by atoms with Crippen molar-refractivity contribution in [3.63, 3.8) is 0 Å². The van der Waals surface area contributed by atoms with E-state index in [-0.39, 0.29) is 22.6 Å². The predicted molar refractivity (Wildman–Crippen MR) is 39.8 cm³/mol. The first-order chi connectivity index (χ1) is 4.96. The van der Waals surface area contributed by atoms with Gasteiger partial charge in [-0.1, -0.05) is 0 Å². The zero-order valence-corrected chi connectivity index (χ0v) is 8.63. The maximum Gasteiger partial charge on any atom is 0.444 e. The van der Waals surface area contributed by atoms with Gasteiger partial charge in [-0.05, 0) is 0 Å². The van der Waals surface area contributed by atoms with Gasteiger partial charge < -0.3 is 0 Å². The second-order valence-corrected chi connectivity index (χ2v) is 4.93. The summed E-state index contributed by atoms with van der Waals surface area (Å²) in [5, 5.41) is 0. The Morgan fingerprint density at radius 3 is 1.67 bits per heavy atom. The first-order valence-electron chi connectivity index (χ1n) is 2.05. The van der Waals surface area contributed by atoms with Gasteiger partial charge in [-0.15, -0.1) is 0 Å². The van der Waals surface area contributed by atoms with E-state index >= 15 is 0 Å². The van der Waals surface area contributed by atoms with Crippen LogP contribution in [0.2, 0.25) is 0 Å². The van der Waals surface area contributed by atoms with Gasteiger partial charge in [-0.3, -0.25) is 0 Å². The molecule has 0 aliphatic rings. The molecule has 74 valence electrons. The average molecular weight is 342 g/mol. The zero-order chi connectivity index (χ0) is 10.2. The summed E-state index contributed by atoms with van der Waals surface area (Å²) in [5.74, 6) is 0. The van der Waals surface area contributed by atoms with Gasteiger partial charge in [-0.2, -0.15) is 30.2 Å². The minimum Gasteiger partial charge on any atom is -0.185 e. The van der Waals surface area contributed by atoms with Crippen LogP contribution in [0.5, 0.6) is 0 Å². The van der Waals surface area contributed by atoms with E-state index in [2.05, 4.69) is 14.9 Å². The molecular formula is C2ClF4IO3S. The summed E-state index contributed by atoms with van der Waals surface area (Å²) in [7, 11) is -0.970. The van der Waals surface area contributed by atoms with Crippen LogP contribution in [-0.2, 0) is 13.5 Å². The van der Waals surface area contributed by atoms with Crippen LogP contribution >= 0.6 is 33.3 Å². The average Bonchev–Trinajstić information content (AvgIpc) is 1.52. The van der Waals surface area contributed by atoms with Gasteiger partial charge in [0.15, 0.2) is 0 Å². The Balaban J connectivity index is 4.67. The minimum absolute atomic E-state index is 0.0280. The fraction of sp³-hybridized carbons (Fsp3) is 1.00. The van der Waals surface area contributed by atoms with Gasteiger partial charge >= 0.3 is 19.4 Å². The minimum atomic E-state index is -5.14. The predicted octanol–water partition coefficient (Wildman–Crippen LogP) is 2.11. The molecule has 0 aliphatic heterocycles. The summed E-state index contributed by atoms with van der Waals surface area (Å²) in [5.41, 5.74) is 0. The Morgan fingerprint density at radius 1 is 1.25 bits per heavy atom. The van der Waals surface area contributed by atoms with Gasteiger partial charge in [0.2, 0.25) is 0 Å². The highest BCUT2D eigenvalue weighted by molar-refractivity contribution is 14.1. The Hall–Kier alpha value is 0.650. The molecule has 0 aromatic carbocycles. The lowest BCUT2D eigenvalue weighted by Crippen LogP contribution is -2.38. The number of halogens is 6. The maximum atomic E-state index is 12.0. The van der Waals surface area contributed by atoms with Crippen LogP contribution in [0, 0.1) is 0 Å². The number of hydrogen-bond acceptors (Lipinski definition) is 3. The monoisotopic (exact) mass is 342 g/mol. The number of alkyl halides is 5. The molecule has 3 nitrogen and oxygen atoms in total. The Kier molecular flexibility index (Phi) is 3.61. The van der Waals surface area contributed by atoms with E-state index in [1.54, 1.807) is 0 Å². The van der Waals surface area contributed by atoms with Crippen LogP contribution < -0.4 is 0 Å². The maximum absolute atomic E-state index is 12.0. The van der Waals surface area contributed by atoms with Crippen molar-refractivity contribution in [2.75, 3.05) is 0 Å². The molecule has 0 saturated carbocycles. The Labute approximate surface area is 82.8 Å². The molecular weight excluding hydrogens is 342 g/mol. The number of rotatable bonds is 3. The molecule has 0 aliphatic carbocycles. The van der Waals surface area contributed by atoms with Crippen molar-refractivity contribution in [2.24, 2.45) is 0 Å². The lowest BCUT2D eigenvalue weighted by molar-refractivity contribution is -0.258. The van der Waals surface area contributed by atoms with E-state index < -0.39 is 19.4 Å². The fourth-order valence-electron chi connectivity index (χ4n) is 0.172. The van der Waals surface area contributed by atoms with Gasteiger partial charge in [0, 0.05) is 33.3 Å². The molecule has 0 bridgehead atoms. The van der Waals surface area contributed by atoms with Crippen molar-refractivity contribution in [2.45, 2.75) is 10.0 Å². The lowest BCUT2D eigenvalue weighted by Gasteiger charge is -2.18. The molecule has 0 aromatic rings. The molecule has 0 aromatic heterocycles. The highest BCUT2D eigenvalue weighted by Crippen LogP contribution is 2.41. The smallest absolute Gasteiger partial charge is 0.185 e. The molecule has 0 spiro atoms. The molecule has 0 rings (SSSR count). The van der Waals surface area contributed by atoms with Crippen LogP contribution in [0.25, 0.3) is 0 Å². The fourth-order valence-corrected chi connectivity index (χ4v) is 1.02. The molecule has 0 atom stereocenters.